The van der Waals surface area contributed by atoms with Crippen LogP contribution in [0.2, 0.25) is 0 Å². The Balaban J connectivity index is 2.09. The van der Waals surface area contributed by atoms with Gasteiger partial charge in [0.05, 0.1) is 6.54 Å². The fraction of sp³-hybridized carbons (Fsp3) is 0.480. The number of benzene rings is 1. The molecule has 0 aliphatic carbocycles. The third kappa shape index (κ3) is 6.38. The van der Waals surface area contributed by atoms with Crippen molar-refractivity contribution in [1.82, 2.24) is 28.9 Å². The summed E-state index contributed by atoms with van der Waals surface area (Å²) >= 11 is 0. The van der Waals surface area contributed by atoms with Crippen LogP contribution in [0.3, 0.4) is 0 Å². The molecule has 0 aliphatic rings. The van der Waals surface area contributed by atoms with Crippen LogP contribution in [0.5, 0.6) is 0 Å². The number of amides is 2. The average molecular weight is 561 g/mol. The fourth-order valence-electron chi connectivity index (χ4n) is 4.39. The Hall–Kier alpha value is -3.94. The molecule has 0 spiro atoms. The first kappa shape index (κ1) is 29.6. The molecule has 0 aliphatic heterocycles. The molecule has 13 nitrogen and oxygen atoms in total. The number of nitrogens with zero attached hydrogens (tertiary/aromatic N) is 6. The molecule has 0 fully saturated rings. The zero-order valence-corrected chi connectivity index (χ0v) is 23.5. The molecule has 3 rings (SSSR count). The number of rotatable bonds is 11. The van der Waals surface area contributed by atoms with Crippen molar-refractivity contribution in [2.75, 3.05) is 32.1 Å². The summed E-state index contributed by atoms with van der Waals surface area (Å²) in [6.45, 7) is 3.97. The van der Waals surface area contributed by atoms with Gasteiger partial charge in [0.1, 0.15) is 15.2 Å². The molecule has 0 bridgehead atoms. The minimum Gasteiger partial charge on any atom is -0.465 e. The maximum Gasteiger partial charge on any atom is 0.407 e. The number of nitrogens with one attached hydrogen (secondary N) is 1. The Bertz CT molecular complexity index is 1500. The van der Waals surface area contributed by atoms with Gasteiger partial charge >= 0.3 is 17.8 Å². The maximum atomic E-state index is 13.7. The normalized spacial score (nSPS) is 13.6. The molecule has 2 aromatic heterocycles. The number of imidazole rings is 1. The molecule has 2 unspecified atom stereocenters. The van der Waals surface area contributed by atoms with Gasteiger partial charge in [0.15, 0.2) is 11.5 Å². The topological polar surface area (TPSA) is 180 Å². The highest BCUT2D eigenvalue weighted by Crippen LogP contribution is 2.22. The standard InChI is InChI=1S/C25H36N8O5S/c1-5-10-18(31(4)25(36)37)13-14-30(3)23(34)33-19-20(26)28-22(39(27,38)15-6-2)29-21(19)32(24(33)35)16-17-11-8-7-9-12-17/h7-9,11-12,18,27H,5-6,10,13-16H2,1-4H3,(H,36,37)(H2,26,28,29). The van der Waals surface area contributed by atoms with Crippen molar-refractivity contribution in [2.24, 2.45) is 0 Å². The van der Waals surface area contributed by atoms with E-state index >= 15 is 0 Å². The quantitative estimate of drug-likeness (QED) is 0.299. The molecule has 2 atom stereocenters. The second-order valence-electron chi connectivity index (χ2n) is 9.46. The van der Waals surface area contributed by atoms with Crippen LogP contribution in [0.1, 0.15) is 45.1 Å². The number of fused-ring (bicyclic) bond motifs is 1. The van der Waals surface area contributed by atoms with E-state index in [4.69, 9.17) is 10.5 Å². The van der Waals surface area contributed by atoms with E-state index in [9.17, 15) is 23.7 Å². The zero-order chi connectivity index (χ0) is 28.9. The highest BCUT2D eigenvalue weighted by Gasteiger charge is 2.28. The number of hydrogen-bond donors (Lipinski definition) is 3. The number of nitrogens with two attached hydrogens (primary N) is 1. The molecule has 4 N–H and O–H groups in total. The van der Waals surface area contributed by atoms with Crippen molar-refractivity contribution < 1.29 is 18.9 Å². The molecule has 2 heterocycles. The van der Waals surface area contributed by atoms with Crippen LogP contribution >= 0.6 is 0 Å². The summed E-state index contributed by atoms with van der Waals surface area (Å²) in [5, 5.41) is 9.11. The van der Waals surface area contributed by atoms with Crippen molar-refractivity contribution >= 4 is 38.8 Å². The molecular weight excluding hydrogens is 524 g/mol. The third-order valence-corrected chi connectivity index (χ3v) is 8.29. The number of aromatic nitrogens is 4. The molecule has 0 radical (unpaired) electrons. The van der Waals surface area contributed by atoms with Gasteiger partial charge in [0.2, 0.25) is 5.16 Å². The van der Waals surface area contributed by atoms with Crippen LogP contribution < -0.4 is 11.4 Å². The van der Waals surface area contributed by atoms with Crippen molar-refractivity contribution in [1.29, 1.82) is 4.78 Å². The summed E-state index contributed by atoms with van der Waals surface area (Å²) < 4.78 is 23.4. The zero-order valence-electron chi connectivity index (χ0n) is 22.7. The first-order chi connectivity index (χ1) is 18.4. The lowest BCUT2D eigenvalue weighted by atomic mass is 10.1. The molecule has 39 heavy (non-hydrogen) atoms. The highest BCUT2D eigenvalue weighted by atomic mass is 32.2. The number of anilines is 1. The maximum absolute atomic E-state index is 13.7. The van der Waals surface area contributed by atoms with Gasteiger partial charge in [0.25, 0.3) is 0 Å². The lowest BCUT2D eigenvalue weighted by molar-refractivity contribution is 0.130. The number of carboxylic acid groups (broad SMARTS) is 1. The van der Waals surface area contributed by atoms with Gasteiger partial charge in [-0.3, -0.25) is 4.57 Å². The Morgan fingerprint density at radius 2 is 1.79 bits per heavy atom. The Morgan fingerprint density at radius 3 is 2.38 bits per heavy atom. The number of carbonyl (C=O) groups excluding carboxylic acids is 1. The number of nitrogen functional groups attached to an aromatic ring is 1. The lowest BCUT2D eigenvalue weighted by Gasteiger charge is -2.27. The van der Waals surface area contributed by atoms with Gasteiger partial charge in [0, 0.05) is 32.4 Å². The van der Waals surface area contributed by atoms with E-state index in [2.05, 4.69) is 9.97 Å². The van der Waals surface area contributed by atoms with E-state index in [1.807, 2.05) is 37.3 Å². The predicted molar refractivity (Wildman–Crippen MR) is 149 cm³/mol. The van der Waals surface area contributed by atoms with Crippen molar-refractivity contribution in [3.05, 3.63) is 46.4 Å². The summed E-state index contributed by atoms with van der Waals surface area (Å²) in [5.74, 6) is -0.210. The minimum atomic E-state index is -3.37. The Morgan fingerprint density at radius 1 is 1.13 bits per heavy atom. The monoisotopic (exact) mass is 560 g/mol. The lowest BCUT2D eigenvalue weighted by Crippen LogP contribution is -2.42. The highest BCUT2D eigenvalue weighted by molar-refractivity contribution is 7.92. The molecule has 3 aromatic rings. The van der Waals surface area contributed by atoms with E-state index in [1.165, 1.54) is 28.5 Å². The third-order valence-electron chi connectivity index (χ3n) is 6.53. The summed E-state index contributed by atoms with van der Waals surface area (Å²) in [7, 11) is -0.361. The molecular formula is C25H36N8O5S. The fourth-order valence-corrected chi connectivity index (χ4v) is 5.63. The van der Waals surface area contributed by atoms with Gasteiger partial charge < -0.3 is 20.6 Å². The van der Waals surface area contributed by atoms with Crippen LogP contribution in [0.25, 0.3) is 11.2 Å². The van der Waals surface area contributed by atoms with Crippen LogP contribution in [-0.4, -0.2) is 82.8 Å². The van der Waals surface area contributed by atoms with E-state index in [0.717, 1.165) is 16.6 Å². The Kier molecular flexibility index (Phi) is 9.32. The second kappa shape index (κ2) is 12.3. The summed E-state index contributed by atoms with van der Waals surface area (Å²) in [5.41, 5.74) is 6.26. The van der Waals surface area contributed by atoms with Crippen molar-refractivity contribution in [3.8, 4) is 0 Å². The van der Waals surface area contributed by atoms with Gasteiger partial charge in [-0.25, -0.2) is 32.9 Å². The minimum absolute atomic E-state index is 0.0126. The van der Waals surface area contributed by atoms with Gasteiger partial charge in [-0.05, 0) is 24.8 Å². The van der Waals surface area contributed by atoms with Crippen molar-refractivity contribution in [2.45, 2.75) is 57.3 Å². The summed E-state index contributed by atoms with van der Waals surface area (Å²) in [6, 6.07) is 8.09. The number of carbonyl (C=O) groups is 2. The molecule has 14 heteroatoms. The SMILES string of the molecule is CCCC(CCN(C)C(=O)n1c(=O)n(Cc2ccccc2)c2nc(S(=N)(=O)CCC)nc(N)c21)N(C)C(=O)O. The van der Waals surface area contributed by atoms with E-state index in [-0.39, 0.29) is 47.0 Å². The van der Waals surface area contributed by atoms with Crippen LogP contribution in [0.4, 0.5) is 15.4 Å². The van der Waals surface area contributed by atoms with Crippen LogP contribution in [0, 0.1) is 4.78 Å². The second-order valence-corrected chi connectivity index (χ2v) is 11.6. The Labute approximate surface area is 227 Å². The van der Waals surface area contributed by atoms with E-state index in [0.29, 0.717) is 19.3 Å². The van der Waals surface area contributed by atoms with E-state index in [1.54, 1.807) is 6.92 Å². The first-order valence-corrected chi connectivity index (χ1v) is 14.5. The predicted octanol–water partition coefficient (Wildman–Crippen LogP) is 3.11. The molecule has 0 saturated carbocycles. The largest absolute Gasteiger partial charge is 0.465 e. The summed E-state index contributed by atoms with van der Waals surface area (Å²) in [4.78, 5) is 49.7. The molecule has 2 amide bonds. The molecule has 212 valence electrons. The van der Waals surface area contributed by atoms with Gasteiger partial charge in [-0.1, -0.05) is 50.6 Å². The van der Waals surface area contributed by atoms with Gasteiger partial charge in [-0.2, -0.15) is 4.98 Å². The molecule has 1 aromatic carbocycles. The van der Waals surface area contributed by atoms with E-state index < -0.39 is 27.5 Å². The number of hydrogen-bond acceptors (Lipinski definition) is 8. The van der Waals surface area contributed by atoms with Crippen molar-refractivity contribution in [3.63, 3.8) is 0 Å². The first-order valence-electron chi connectivity index (χ1n) is 12.7. The average Bonchev–Trinajstić information content (AvgIpc) is 3.17. The van der Waals surface area contributed by atoms with Crippen LogP contribution in [-0.2, 0) is 16.3 Å². The smallest absolute Gasteiger partial charge is 0.407 e. The van der Waals surface area contributed by atoms with Gasteiger partial charge in [-0.15, -0.1) is 0 Å². The molecule has 0 saturated heterocycles. The summed E-state index contributed by atoms with van der Waals surface area (Å²) in [6.07, 6.45) is 1.15. The van der Waals surface area contributed by atoms with Crippen LogP contribution in [0.15, 0.2) is 40.3 Å².